The van der Waals surface area contributed by atoms with E-state index in [1.807, 2.05) is 12.3 Å². The lowest BCUT2D eigenvalue weighted by atomic mass is 10.4. The molecule has 0 heterocycles. The highest BCUT2D eigenvalue weighted by Crippen LogP contribution is 2.18. The molecule has 0 aliphatic rings. The Morgan fingerprint density at radius 3 is 2.62 bits per heavy atom. The van der Waals surface area contributed by atoms with Gasteiger partial charge in [-0.1, -0.05) is 6.07 Å². The molecule has 0 fully saturated rings. The van der Waals surface area contributed by atoms with Crippen LogP contribution in [0.1, 0.15) is 0 Å². The summed E-state index contributed by atoms with van der Waals surface area (Å²) in [6.07, 6.45) is 1.91. The first-order chi connectivity index (χ1) is 6.10. The smallest absolute Gasteiger partial charge is 0.214 e. The van der Waals surface area contributed by atoms with Crippen LogP contribution >= 0.6 is 11.8 Å². The number of sulfonamides is 1. The second kappa shape index (κ2) is 4.13. The summed E-state index contributed by atoms with van der Waals surface area (Å²) in [4.78, 5) is 1.25. The Morgan fingerprint density at radius 1 is 1.38 bits per heavy atom. The molecule has 0 aromatic heterocycles. The molecule has 0 aliphatic heterocycles. The van der Waals surface area contributed by atoms with Crippen LogP contribution in [0.15, 0.2) is 34.1 Å². The molecule has 5 heteroatoms. The van der Waals surface area contributed by atoms with Gasteiger partial charge in [-0.05, 0) is 31.5 Å². The number of rotatable bonds is 3. The molecular formula is C8H11NO2S2. The molecule has 0 bridgehead atoms. The predicted molar refractivity (Wildman–Crippen MR) is 54.5 cm³/mol. The number of hydrogen-bond acceptors (Lipinski definition) is 3. The Hall–Kier alpha value is -0.520. The van der Waals surface area contributed by atoms with E-state index in [1.165, 1.54) is 18.8 Å². The van der Waals surface area contributed by atoms with Crippen molar-refractivity contribution in [2.45, 2.75) is 9.79 Å². The lowest BCUT2D eigenvalue weighted by molar-refractivity contribution is 0.588. The van der Waals surface area contributed by atoms with E-state index < -0.39 is 10.0 Å². The minimum Gasteiger partial charge on any atom is -0.214 e. The molecule has 0 radical (unpaired) electrons. The maximum atomic E-state index is 11.3. The van der Waals surface area contributed by atoms with Gasteiger partial charge in [-0.2, -0.15) is 0 Å². The van der Waals surface area contributed by atoms with E-state index in [-0.39, 0.29) is 0 Å². The van der Waals surface area contributed by atoms with E-state index in [0.29, 0.717) is 4.90 Å². The first-order valence-corrected chi connectivity index (χ1v) is 6.38. The summed E-state index contributed by atoms with van der Waals surface area (Å²) in [5.41, 5.74) is 0. The fourth-order valence-electron chi connectivity index (χ4n) is 0.886. The number of hydrogen-bond donors (Lipinski definition) is 1. The molecular weight excluding hydrogens is 206 g/mol. The topological polar surface area (TPSA) is 46.2 Å². The van der Waals surface area contributed by atoms with Crippen molar-refractivity contribution in [3.8, 4) is 0 Å². The molecule has 3 nitrogen and oxygen atoms in total. The molecule has 72 valence electrons. The van der Waals surface area contributed by atoms with E-state index in [2.05, 4.69) is 4.72 Å². The van der Waals surface area contributed by atoms with Gasteiger partial charge in [0.05, 0.1) is 4.90 Å². The molecule has 1 aromatic rings. The zero-order valence-corrected chi connectivity index (χ0v) is 9.08. The summed E-state index contributed by atoms with van der Waals surface area (Å²) in [6, 6.07) is 6.83. The van der Waals surface area contributed by atoms with Crippen LogP contribution in [0.2, 0.25) is 0 Å². The summed E-state index contributed by atoms with van der Waals surface area (Å²) in [7, 11) is -1.89. The van der Waals surface area contributed by atoms with Crippen LogP contribution in [0.4, 0.5) is 0 Å². The van der Waals surface area contributed by atoms with E-state index in [9.17, 15) is 8.42 Å². The summed E-state index contributed by atoms with van der Waals surface area (Å²) < 4.78 is 25.0. The molecule has 1 N–H and O–H groups in total. The van der Waals surface area contributed by atoms with Crippen molar-refractivity contribution >= 4 is 21.8 Å². The quantitative estimate of drug-likeness (QED) is 0.777. The Kier molecular flexibility index (Phi) is 3.35. The molecule has 0 saturated heterocycles. The third kappa shape index (κ3) is 2.46. The SMILES string of the molecule is CNS(=O)(=O)c1cccc(SC)c1. The highest BCUT2D eigenvalue weighted by atomic mass is 32.2. The van der Waals surface area contributed by atoms with E-state index in [4.69, 9.17) is 0 Å². The van der Waals surface area contributed by atoms with Crippen LogP contribution in [0.5, 0.6) is 0 Å². The zero-order valence-electron chi connectivity index (χ0n) is 7.44. The first-order valence-electron chi connectivity index (χ1n) is 3.68. The fraction of sp³-hybridized carbons (Fsp3) is 0.250. The van der Waals surface area contributed by atoms with Gasteiger partial charge in [0.15, 0.2) is 0 Å². The number of benzene rings is 1. The minimum absolute atomic E-state index is 0.307. The van der Waals surface area contributed by atoms with Gasteiger partial charge in [-0.15, -0.1) is 11.8 Å². The second-order valence-corrected chi connectivity index (χ2v) is 5.15. The van der Waals surface area contributed by atoms with Crippen molar-refractivity contribution in [3.63, 3.8) is 0 Å². The Morgan fingerprint density at radius 2 is 2.08 bits per heavy atom. The molecule has 0 saturated carbocycles. The molecule has 1 rings (SSSR count). The highest BCUT2D eigenvalue weighted by molar-refractivity contribution is 7.98. The van der Waals surface area contributed by atoms with Crippen molar-refractivity contribution in [2.24, 2.45) is 0 Å². The van der Waals surface area contributed by atoms with Crippen LogP contribution in [-0.2, 0) is 10.0 Å². The van der Waals surface area contributed by atoms with Gasteiger partial charge in [0.25, 0.3) is 0 Å². The van der Waals surface area contributed by atoms with Gasteiger partial charge in [0.2, 0.25) is 10.0 Å². The van der Waals surface area contributed by atoms with Gasteiger partial charge in [0.1, 0.15) is 0 Å². The van der Waals surface area contributed by atoms with Crippen molar-refractivity contribution in [1.82, 2.24) is 4.72 Å². The third-order valence-electron chi connectivity index (χ3n) is 1.62. The molecule has 0 amide bonds. The third-order valence-corrected chi connectivity index (χ3v) is 3.76. The average molecular weight is 217 g/mol. The number of nitrogens with one attached hydrogen (secondary N) is 1. The Bertz CT molecular complexity index is 387. The molecule has 1 aromatic carbocycles. The monoisotopic (exact) mass is 217 g/mol. The van der Waals surface area contributed by atoms with Gasteiger partial charge >= 0.3 is 0 Å². The average Bonchev–Trinajstić information content (AvgIpc) is 2.18. The van der Waals surface area contributed by atoms with Crippen LogP contribution in [-0.4, -0.2) is 21.7 Å². The van der Waals surface area contributed by atoms with E-state index in [0.717, 1.165) is 4.90 Å². The standard InChI is InChI=1S/C8H11NO2S2/c1-9-13(10,11)8-5-3-4-7(6-8)12-2/h3-6,9H,1-2H3. The highest BCUT2D eigenvalue weighted by Gasteiger charge is 2.10. The summed E-state index contributed by atoms with van der Waals surface area (Å²) in [5, 5.41) is 0. The second-order valence-electron chi connectivity index (χ2n) is 2.39. The normalized spacial score (nSPS) is 11.5. The molecule has 0 spiro atoms. The van der Waals surface area contributed by atoms with Gasteiger partial charge < -0.3 is 0 Å². The van der Waals surface area contributed by atoms with Gasteiger partial charge in [-0.3, -0.25) is 0 Å². The number of thioether (sulfide) groups is 1. The predicted octanol–water partition coefficient (Wildman–Crippen LogP) is 1.32. The summed E-state index contributed by atoms with van der Waals surface area (Å²) in [5.74, 6) is 0. The molecule has 13 heavy (non-hydrogen) atoms. The summed E-state index contributed by atoms with van der Waals surface area (Å²) >= 11 is 1.52. The van der Waals surface area contributed by atoms with Crippen LogP contribution in [0.3, 0.4) is 0 Å². The first kappa shape index (κ1) is 10.6. The van der Waals surface area contributed by atoms with Crippen LogP contribution < -0.4 is 4.72 Å². The van der Waals surface area contributed by atoms with Crippen molar-refractivity contribution in [1.29, 1.82) is 0 Å². The Labute approximate surface area is 82.6 Å². The lowest BCUT2D eigenvalue weighted by Crippen LogP contribution is -2.18. The van der Waals surface area contributed by atoms with Crippen molar-refractivity contribution in [3.05, 3.63) is 24.3 Å². The zero-order chi connectivity index (χ0) is 9.90. The maximum Gasteiger partial charge on any atom is 0.240 e. The maximum absolute atomic E-state index is 11.3. The summed E-state index contributed by atoms with van der Waals surface area (Å²) in [6.45, 7) is 0. The minimum atomic E-state index is -3.29. The van der Waals surface area contributed by atoms with Crippen LogP contribution in [0, 0.1) is 0 Å². The van der Waals surface area contributed by atoms with E-state index >= 15 is 0 Å². The molecule has 0 aliphatic carbocycles. The lowest BCUT2D eigenvalue weighted by Gasteiger charge is -2.03. The molecule has 0 atom stereocenters. The van der Waals surface area contributed by atoms with E-state index in [1.54, 1.807) is 18.2 Å². The van der Waals surface area contributed by atoms with Crippen LogP contribution in [0.25, 0.3) is 0 Å². The largest absolute Gasteiger partial charge is 0.240 e. The fourth-order valence-corrected chi connectivity index (χ4v) is 2.20. The van der Waals surface area contributed by atoms with Crippen molar-refractivity contribution in [2.75, 3.05) is 13.3 Å². The van der Waals surface area contributed by atoms with Gasteiger partial charge in [-0.25, -0.2) is 13.1 Å². The van der Waals surface area contributed by atoms with Gasteiger partial charge in [0, 0.05) is 4.90 Å². The Balaban J connectivity index is 3.17. The molecule has 0 unspecified atom stereocenters. The van der Waals surface area contributed by atoms with Crippen molar-refractivity contribution < 1.29 is 8.42 Å².